The van der Waals surface area contributed by atoms with Crippen molar-refractivity contribution in [2.45, 2.75) is 25.5 Å². The molecule has 0 saturated carbocycles. The first-order valence-corrected chi connectivity index (χ1v) is 7.64. The number of hydrogen-bond acceptors (Lipinski definition) is 4. The van der Waals surface area contributed by atoms with Gasteiger partial charge < -0.3 is 14.7 Å². The fourth-order valence-corrected chi connectivity index (χ4v) is 2.96. The van der Waals surface area contributed by atoms with Crippen LogP contribution in [0.15, 0.2) is 42.6 Å². The number of amides is 1. The lowest BCUT2D eigenvalue weighted by Crippen LogP contribution is -2.31. The summed E-state index contributed by atoms with van der Waals surface area (Å²) in [6, 6.07) is 11.1. The Morgan fingerprint density at radius 1 is 1.35 bits per heavy atom. The second kappa shape index (κ2) is 6.38. The molecule has 23 heavy (non-hydrogen) atoms. The molecule has 1 aliphatic rings. The van der Waals surface area contributed by atoms with Gasteiger partial charge in [0, 0.05) is 18.4 Å². The number of carbonyl (C=O) groups is 1. The highest BCUT2D eigenvalue weighted by Gasteiger charge is 2.35. The zero-order valence-electron chi connectivity index (χ0n) is 13.3. The van der Waals surface area contributed by atoms with Crippen molar-refractivity contribution in [3.05, 3.63) is 59.4 Å². The third-order valence-corrected chi connectivity index (χ3v) is 4.18. The van der Waals surface area contributed by atoms with Gasteiger partial charge >= 0.3 is 0 Å². The summed E-state index contributed by atoms with van der Waals surface area (Å²) in [4.78, 5) is 18.7. The number of β-amino-alcohol motifs (C(OH)–C–C–N with tert-alkyl or cyclic N) is 1. The zero-order chi connectivity index (χ0) is 16.4. The summed E-state index contributed by atoms with van der Waals surface area (Å²) in [5.41, 5.74) is 2.37. The molecular weight excluding hydrogens is 292 g/mol. The zero-order valence-corrected chi connectivity index (χ0v) is 13.3. The number of aliphatic hydroxyl groups excluding tert-OH is 1. The van der Waals surface area contributed by atoms with E-state index in [1.807, 2.05) is 37.3 Å². The monoisotopic (exact) mass is 312 g/mol. The number of pyridine rings is 1. The predicted molar refractivity (Wildman–Crippen MR) is 86.4 cm³/mol. The highest BCUT2D eigenvalue weighted by atomic mass is 16.5. The van der Waals surface area contributed by atoms with Crippen LogP contribution in [0.1, 0.15) is 34.1 Å². The molecule has 0 spiro atoms. The SMILES string of the molecule is COc1cccc(C2CC(O)CN2C(=O)c2ccc(C)nc2)c1. The number of aliphatic hydroxyl groups is 1. The van der Waals surface area contributed by atoms with E-state index in [1.165, 1.54) is 0 Å². The molecule has 1 aromatic carbocycles. The van der Waals surface area contributed by atoms with E-state index in [4.69, 9.17) is 4.74 Å². The number of nitrogens with zero attached hydrogens (tertiary/aromatic N) is 2. The number of ether oxygens (including phenoxy) is 1. The topological polar surface area (TPSA) is 62.7 Å². The van der Waals surface area contributed by atoms with Crippen LogP contribution >= 0.6 is 0 Å². The van der Waals surface area contributed by atoms with Crippen molar-refractivity contribution < 1.29 is 14.6 Å². The number of likely N-dealkylation sites (tertiary alicyclic amines) is 1. The molecule has 1 aromatic heterocycles. The van der Waals surface area contributed by atoms with E-state index in [9.17, 15) is 9.90 Å². The molecular formula is C18H20N2O3. The standard InChI is InChI=1S/C18H20N2O3/c1-12-6-7-14(10-19-12)18(22)20-11-15(21)9-17(20)13-4-3-5-16(8-13)23-2/h3-8,10,15,17,21H,9,11H2,1-2H3. The third-order valence-electron chi connectivity index (χ3n) is 4.18. The van der Waals surface area contributed by atoms with Crippen molar-refractivity contribution in [3.63, 3.8) is 0 Å². The summed E-state index contributed by atoms with van der Waals surface area (Å²) in [6.45, 7) is 2.21. The van der Waals surface area contributed by atoms with Crippen LogP contribution in [0.3, 0.4) is 0 Å². The van der Waals surface area contributed by atoms with Crippen LogP contribution in [-0.2, 0) is 0 Å². The Morgan fingerprint density at radius 3 is 2.87 bits per heavy atom. The van der Waals surface area contributed by atoms with Crippen LogP contribution in [0.5, 0.6) is 5.75 Å². The van der Waals surface area contributed by atoms with E-state index in [0.29, 0.717) is 18.5 Å². The summed E-state index contributed by atoms with van der Waals surface area (Å²) in [7, 11) is 1.61. The lowest BCUT2D eigenvalue weighted by molar-refractivity contribution is 0.0715. The lowest BCUT2D eigenvalue weighted by atomic mass is 10.0. The Bertz CT molecular complexity index is 700. The third kappa shape index (κ3) is 3.19. The van der Waals surface area contributed by atoms with Crippen LogP contribution in [0, 0.1) is 6.92 Å². The van der Waals surface area contributed by atoms with Crippen molar-refractivity contribution in [1.82, 2.24) is 9.88 Å². The maximum atomic E-state index is 12.8. The Morgan fingerprint density at radius 2 is 2.17 bits per heavy atom. The van der Waals surface area contributed by atoms with E-state index in [1.54, 1.807) is 24.3 Å². The summed E-state index contributed by atoms with van der Waals surface area (Å²) < 4.78 is 5.26. The molecule has 1 N–H and O–H groups in total. The minimum atomic E-state index is -0.520. The molecule has 0 aliphatic carbocycles. The number of aromatic nitrogens is 1. The Kier molecular flexibility index (Phi) is 4.30. The number of aryl methyl sites for hydroxylation is 1. The first-order chi connectivity index (χ1) is 11.1. The largest absolute Gasteiger partial charge is 0.497 e. The normalized spacial score (nSPS) is 20.6. The number of carbonyl (C=O) groups excluding carboxylic acids is 1. The Labute approximate surface area is 135 Å². The first-order valence-electron chi connectivity index (χ1n) is 7.64. The van der Waals surface area contributed by atoms with Gasteiger partial charge in [-0.3, -0.25) is 9.78 Å². The van der Waals surface area contributed by atoms with E-state index >= 15 is 0 Å². The van der Waals surface area contributed by atoms with E-state index < -0.39 is 6.10 Å². The van der Waals surface area contributed by atoms with E-state index in [2.05, 4.69) is 4.98 Å². The molecule has 2 atom stereocenters. The van der Waals surface area contributed by atoms with Gasteiger partial charge in [0.15, 0.2) is 0 Å². The number of methoxy groups -OCH3 is 1. The average Bonchev–Trinajstić information content (AvgIpc) is 2.97. The van der Waals surface area contributed by atoms with Crippen molar-refractivity contribution in [2.75, 3.05) is 13.7 Å². The van der Waals surface area contributed by atoms with Crippen molar-refractivity contribution >= 4 is 5.91 Å². The van der Waals surface area contributed by atoms with Gasteiger partial charge in [-0.15, -0.1) is 0 Å². The smallest absolute Gasteiger partial charge is 0.256 e. The lowest BCUT2D eigenvalue weighted by Gasteiger charge is -2.25. The molecule has 2 heterocycles. The van der Waals surface area contributed by atoms with Gasteiger partial charge in [0.05, 0.1) is 24.8 Å². The summed E-state index contributed by atoms with van der Waals surface area (Å²) in [5, 5.41) is 10.1. The van der Waals surface area contributed by atoms with Crippen LogP contribution in [0.4, 0.5) is 0 Å². The molecule has 2 unspecified atom stereocenters. The van der Waals surface area contributed by atoms with Crippen LogP contribution in [-0.4, -0.2) is 40.7 Å². The highest BCUT2D eigenvalue weighted by Crippen LogP contribution is 2.34. The Balaban J connectivity index is 1.89. The van der Waals surface area contributed by atoms with Crippen LogP contribution < -0.4 is 4.74 Å². The Hall–Kier alpha value is -2.40. The highest BCUT2D eigenvalue weighted by molar-refractivity contribution is 5.94. The molecule has 5 heteroatoms. The van der Waals surface area contributed by atoms with Crippen LogP contribution in [0.2, 0.25) is 0 Å². The van der Waals surface area contributed by atoms with Gasteiger partial charge in [0.2, 0.25) is 0 Å². The van der Waals surface area contributed by atoms with Gasteiger partial charge in [-0.25, -0.2) is 0 Å². The number of hydrogen-bond donors (Lipinski definition) is 1. The van der Waals surface area contributed by atoms with Gasteiger partial charge in [-0.1, -0.05) is 12.1 Å². The van der Waals surface area contributed by atoms with Gasteiger partial charge in [-0.05, 0) is 43.2 Å². The van der Waals surface area contributed by atoms with Gasteiger partial charge in [-0.2, -0.15) is 0 Å². The maximum Gasteiger partial charge on any atom is 0.256 e. The molecule has 2 aromatic rings. The molecule has 0 bridgehead atoms. The molecule has 5 nitrogen and oxygen atoms in total. The molecule has 1 fully saturated rings. The molecule has 0 radical (unpaired) electrons. The van der Waals surface area contributed by atoms with Gasteiger partial charge in [0.25, 0.3) is 5.91 Å². The second-order valence-electron chi connectivity index (χ2n) is 5.83. The molecule has 1 amide bonds. The number of benzene rings is 1. The summed E-state index contributed by atoms with van der Waals surface area (Å²) in [5.74, 6) is 0.634. The van der Waals surface area contributed by atoms with E-state index in [0.717, 1.165) is 17.0 Å². The fourth-order valence-electron chi connectivity index (χ4n) is 2.96. The summed E-state index contributed by atoms with van der Waals surface area (Å²) in [6.07, 6.45) is 1.59. The predicted octanol–water partition coefficient (Wildman–Crippen LogP) is 2.35. The molecule has 120 valence electrons. The second-order valence-corrected chi connectivity index (χ2v) is 5.83. The van der Waals surface area contributed by atoms with Crippen molar-refractivity contribution in [2.24, 2.45) is 0 Å². The fraction of sp³-hybridized carbons (Fsp3) is 0.333. The van der Waals surface area contributed by atoms with E-state index in [-0.39, 0.29) is 11.9 Å². The molecule has 3 rings (SSSR count). The number of rotatable bonds is 3. The first kappa shape index (κ1) is 15.5. The maximum absolute atomic E-state index is 12.8. The molecule has 1 saturated heterocycles. The minimum Gasteiger partial charge on any atom is -0.497 e. The minimum absolute atomic E-state index is 0.109. The van der Waals surface area contributed by atoms with Crippen LogP contribution in [0.25, 0.3) is 0 Å². The quantitative estimate of drug-likeness (QED) is 0.945. The average molecular weight is 312 g/mol. The van der Waals surface area contributed by atoms with Crippen molar-refractivity contribution in [3.8, 4) is 5.75 Å². The summed E-state index contributed by atoms with van der Waals surface area (Å²) >= 11 is 0. The molecule has 1 aliphatic heterocycles. The van der Waals surface area contributed by atoms with Gasteiger partial charge in [0.1, 0.15) is 5.75 Å². The van der Waals surface area contributed by atoms with Crippen molar-refractivity contribution in [1.29, 1.82) is 0 Å².